The van der Waals surface area contributed by atoms with E-state index in [4.69, 9.17) is 0 Å². The number of nitrogens with zero attached hydrogens (tertiary/aromatic N) is 1. The van der Waals surface area contributed by atoms with Crippen LogP contribution >= 0.6 is 0 Å². The van der Waals surface area contributed by atoms with Crippen LogP contribution in [0.3, 0.4) is 0 Å². The molecule has 0 unspecified atom stereocenters. The van der Waals surface area contributed by atoms with Crippen LogP contribution in [-0.2, 0) is 0 Å². The first-order chi connectivity index (χ1) is 7.00. The van der Waals surface area contributed by atoms with Gasteiger partial charge in [0.15, 0.2) is 0 Å². The first-order valence-electron chi connectivity index (χ1n) is 6.47. The van der Waals surface area contributed by atoms with Gasteiger partial charge in [-0.2, -0.15) is 0 Å². The quantitative estimate of drug-likeness (QED) is 0.703. The molecule has 1 fully saturated rings. The maximum Gasteiger partial charge on any atom is 0.0769 e. The van der Waals surface area contributed by atoms with E-state index in [1.54, 1.807) is 0 Å². The zero-order chi connectivity index (χ0) is 11.5. The first-order valence-corrected chi connectivity index (χ1v) is 6.47. The Kier molecular flexibility index (Phi) is 4.60. The predicted octanol–water partition coefficient (Wildman–Crippen LogP) is 2.66. The molecule has 0 bridgehead atoms. The van der Waals surface area contributed by atoms with Crippen LogP contribution in [0.2, 0.25) is 0 Å². The second-order valence-electron chi connectivity index (χ2n) is 5.49. The number of aliphatic hydroxyl groups is 1. The van der Waals surface area contributed by atoms with Crippen molar-refractivity contribution in [3.05, 3.63) is 0 Å². The van der Waals surface area contributed by atoms with Crippen molar-refractivity contribution in [1.82, 2.24) is 4.90 Å². The summed E-state index contributed by atoms with van der Waals surface area (Å²) in [5.41, 5.74) is -0.461. The van der Waals surface area contributed by atoms with Crippen molar-refractivity contribution in [2.45, 2.75) is 65.0 Å². The van der Waals surface area contributed by atoms with Gasteiger partial charge in [-0.1, -0.05) is 27.7 Å². The molecule has 0 aromatic rings. The summed E-state index contributed by atoms with van der Waals surface area (Å²) < 4.78 is 0. The highest BCUT2D eigenvalue weighted by Gasteiger charge is 2.34. The van der Waals surface area contributed by atoms with Crippen LogP contribution in [0.25, 0.3) is 0 Å². The molecule has 15 heavy (non-hydrogen) atoms. The Bertz CT molecular complexity index is 183. The maximum atomic E-state index is 10.3. The lowest BCUT2D eigenvalue weighted by atomic mass is 9.96. The van der Waals surface area contributed by atoms with E-state index in [-0.39, 0.29) is 0 Å². The van der Waals surface area contributed by atoms with Gasteiger partial charge in [0.25, 0.3) is 0 Å². The molecule has 1 saturated carbocycles. The van der Waals surface area contributed by atoms with Crippen molar-refractivity contribution in [3.8, 4) is 0 Å². The molecule has 2 heteroatoms. The Hall–Kier alpha value is -0.0800. The van der Waals surface area contributed by atoms with Crippen molar-refractivity contribution in [2.24, 2.45) is 5.92 Å². The third-order valence-electron chi connectivity index (χ3n) is 3.48. The molecule has 0 amide bonds. The summed E-state index contributed by atoms with van der Waals surface area (Å²) in [6, 6.07) is 0.761. The molecule has 2 nitrogen and oxygen atoms in total. The van der Waals surface area contributed by atoms with Crippen LogP contribution in [0.15, 0.2) is 0 Å². The van der Waals surface area contributed by atoms with Gasteiger partial charge in [-0.05, 0) is 31.6 Å². The van der Waals surface area contributed by atoms with Gasteiger partial charge in [-0.3, -0.25) is 4.90 Å². The Morgan fingerprint density at radius 1 is 1.27 bits per heavy atom. The summed E-state index contributed by atoms with van der Waals surface area (Å²) >= 11 is 0. The Morgan fingerprint density at radius 3 is 2.13 bits per heavy atom. The van der Waals surface area contributed by atoms with Gasteiger partial charge in [-0.25, -0.2) is 0 Å². The molecular formula is C13H27NO. The van der Waals surface area contributed by atoms with Crippen LogP contribution in [-0.4, -0.2) is 34.7 Å². The van der Waals surface area contributed by atoms with Crippen molar-refractivity contribution >= 4 is 0 Å². The molecule has 1 aliphatic rings. The normalized spacial score (nSPS) is 17.8. The summed E-state index contributed by atoms with van der Waals surface area (Å²) in [4.78, 5) is 2.50. The molecule has 0 aliphatic heterocycles. The molecule has 0 saturated heterocycles. The highest BCUT2D eigenvalue weighted by molar-refractivity contribution is 4.90. The fourth-order valence-electron chi connectivity index (χ4n) is 2.10. The topological polar surface area (TPSA) is 23.5 Å². The second kappa shape index (κ2) is 5.31. The Labute approximate surface area is 94.7 Å². The molecule has 1 rings (SSSR count). The van der Waals surface area contributed by atoms with E-state index >= 15 is 0 Å². The summed E-state index contributed by atoms with van der Waals surface area (Å²) in [6.45, 7) is 10.7. The van der Waals surface area contributed by atoms with E-state index in [1.807, 2.05) is 0 Å². The van der Waals surface area contributed by atoms with Crippen LogP contribution < -0.4 is 0 Å². The molecule has 0 radical (unpaired) electrons. The molecule has 0 heterocycles. The number of hydrogen-bond donors (Lipinski definition) is 1. The first kappa shape index (κ1) is 13.0. The summed E-state index contributed by atoms with van der Waals surface area (Å²) in [7, 11) is 0. The van der Waals surface area contributed by atoms with Crippen molar-refractivity contribution < 1.29 is 5.11 Å². The van der Waals surface area contributed by atoms with Gasteiger partial charge in [0, 0.05) is 19.1 Å². The fraction of sp³-hybridized carbons (Fsp3) is 1.00. The van der Waals surface area contributed by atoms with Crippen LogP contribution in [0.4, 0.5) is 0 Å². The van der Waals surface area contributed by atoms with E-state index in [9.17, 15) is 5.11 Å². The average Bonchev–Trinajstić information content (AvgIpc) is 2.99. The standard InChI is InChI=1S/C13H27NO/c1-5-13(15,6-2)10-14(9-11(3)4)12-7-8-12/h11-12,15H,5-10H2,1-4H3. The monoisotopic (exact) mass is 213 g/mol. The summed E-state index contributed by atoms with van der Waals surface area (Å²) in [6.07, 6.45) is 4.39. The number of rotatable bonds is 7. The number of hydrogen-bond acceptors (Lipinski definition) is 2. The molecule has 0 atom stereocenters. The third-order valence-corrected chi connectivity index (χ3v) is 3.48. The molecular weight excluding hydrogens is 186 g/mol. The van der Waals surface area contributed by atoms with E-state index < -0.39 is 5.60 Å². The van der Waals surface area contributed by atoms with Crippen molar-refractivity contribution in [3.63, 3.8) is 0 Å². The minimum absolute atomic E-state index is 0.461. The van der Waals surface area contributed by atoms with E-state index in [0.717, 1.165) is 32.0 Å². The largest absolute Gasteiger partial charge is 0.389 e. The van der Waals surface area contributed by atoms with E-state index in [0.29, 0.717) is 5.92 Å². The zero-order valence-corrected chi connectivity index (χ0v) is 10.8. The predicted molar refractivity (Wildman–Crippen MR) is 65.0 cm³/mol. The highest BCUT2D eigenvalue weighted by Crippen LogP contribution is 2.30. The molecule has 1 aliphatic carbocycles. The molecule has 1 N–H and O–H groups in total. The van der Waals surface area contributed by atoms with Gasteiger partial charge in [-0.15, -0.1) is 0 Å². The fourth-order valence-corrected chi connectivity index (χ4v) is 2.10. The highest BCUT2D eigenvalue weighted by atomic mass is 16.3. The summed E-state index contributed by atoms with van der Waals surface area (Å²) in [5, 5.41) is 10.3. The van der Waals surface area contributed by atoms with Gasteiger partial charge in [0.05, 0.1) is 5.60 Å². The van der Waals surface area contributed by atoms with E-state index in [1.165, 1.54) is 12.8 Å². The van der Waals surface area contributed by atoms with E-state index in [2.05, 4.69) is 32.6 Å². The molecule has 0 aromatic carbocycles. The van der Waals surface area contributed by atoms with Gasteiger partial charge >= 0.3 is 0 Å². The molecule has 0 spiro atoms. The maximum absolute atomic E-state index is 10.3. The Balaban J connectivity index is 2.49. The smallest absolute Gasteiger partial charge is 0.0769 e. The zero-order valence-electron chi connectivity index (χ0n) is 10.8. The van der Waals surface area contributed by atoms with Crippen molar-refractivity contribution in [1.29, 1.82) is 0 Å². The Morgan fingerprint density at radius 2 is 1.80 bits per heavy atom. The van der Waals surface area contributed by atoms with Gasteiger partial charge in [0.2, 0.25) is 0 Å². The minimum Gasteiger partial charge on any atom is -0.389 e. The van der Waals surface area contributed by atoms with Crippen molar-refractivity contribution in [2.75, 3.05) is 13.1 Å². The lowest BCUT2D eigenvalue weighted by Gasteiger charge is -2.34. The molecule has 0 aromatic heterocycles. The van der Waals surface area contributed by atoms with Crippen LogP contribution in [0.1, 0.15) is 53.4 Å². The van der Waals surface area contributed by atoms with Gasteiger partial charge in [0.1, 0.15) is 0 Å². The lowest BCUT2D eigenvalue weighted by molar-refractivity contribution is -0.00842. The molecule has 90 valence electrons. The summed E-state index contributed by atoms with van der Waals surface area (Å²) in [5.74, 6) is 0.698. The lowest BCUT2D eigenvalue weighted by Crippen LogP contribution is -2.44. The van der Waals surface area contributed by atoms with Gasteiger partial charge < -0.3 is 5.11 Å². The minimum atomic E-state index is -0.461. The van der Waals surface area contributed by atoms with Crippen LogP contribution in [0, 0.1) is 5.92 Å². The van der Waals surface area contributed by atoms with Crippen LogP contribution in [0.5, 0.6) is 0 Å². The SMILES string of the molecule is CCC(O)(CC)CN(CC(C)C)C1CC1. The average molecular weight is 213 g/mol. The second-order valence-corrected chi connectivity index (χ2v) is 5.49. The third kappa shape index (κ3) is 4.12.